The highest BCUT2D eigenvalue weighted by Crippen LogP contribution is 2.57. The van der Waals surface area contributed by atoms with E-state index in [4.69, 9.17) is 0 Å². The Balaban J connectivity index is 1.14. The SMILES string of the molecule is CC1(C)c2cc(N(c3ccccc3)c3ccccc3)ccc2-c2cc3c(cc21)-c1ccc(N(c2ccccc2)C2C#CC=CC2)cc1C3(C)C. The molecule has 3 aliphatic carbocycles. The Kier molecular flexibility index (Phi) is 6.90. The lowest BCUT2D eigenvalue weighted by molar-refractivity contribution is 0.652. The van der Waals surface area contributed by atoms with Crippen molar-refractivity contribution in [3.05, 3.63) is 174 Å². The van der Waals surface area contributed by atoms with Gasteiger partial charge in [-0.15, -0.1) is 0 Å². The van der Waals surface area contributed by atoms with Gasteiger partial charge in [-0.1, -0.05) is 112 Å². The molecule has 242 valence electrons. The highest BCUT2D eigenvalue weighted by Gasteiger charge is 2.42. The first-order valence-corrected chi connectivity index (χ1v) is 17.7. The Morgan fingerprint density at radius 2 is 0.940 bits per heavy atom. The van der Waals surface area contributed by atoms with Gasteiger partial charge in [0.2, 0.25) is 0 Å². The number of allylic oxidation sites excluding steroid dienone is 1. The number of benzene rings is 6. The van der Waals surface area contributed by atoms with E-state index in [-0.39, 0.29) is 16.9 Å². The average Bonchev–Trinajstić information content (AvgIpc) is 3.51. The zero-order valence-corrected chi connectivity index (χ0v) is 29.1. The Bertz CT molecular complexity index is 2320. The number of fused-ring (bicyclic) bond motifs is 6. The molecule has 1 unspecified atom stereocenters. The van der Waals surface area contributed by atoms with Crippen LogP contribution in [0.3, 0.4) is 0 Å². The van der Waals surface area contributed by atoms with Gasteiger partial charge in [0.25, 0.3) is 0 Å². The number of hydrogen-bond acceptors (Lipinski definition) is 2. The van der Waals surface area contributed by atoms with Crippen LogP contribution in [0.4, 0.5) is 28.4 Å². The number of rotatable bonds is 6. The molecule has 9 rings (SSSR count). The molecule has 0 heterocycles. The summed E-state index contributed by atoms with van der Waals surface area (Å²) in [6.07, 6.45) is 5.07. The van der Waals surface area contributed by atoms with Gasteiger partial charge < -0.3 is 9.80 Å². The second kappa shape index (κ2) is 11.4. The highest BCUT2D eigenvalue weighted by molar-refractivity contribution is 5.92. The largest absolute Gasteiger partial charge is 0.327 e. The Morgan fingerprint density at radius 3 is 1.44 bits per heavy atom. The van der Waals surface area contributed by atoms with Crippen molar-refractivity contribution in [2.45, 2.75) is 51.0 Å². The molecular formula is C48H40N2. The van der Waals surface area contributed by atoms with Crippen molar-refractivity contribution in [1.29, 1.82) is 0 Å². The minimum Gasteiger partial charge on any atom is -0.327 e. The van der Waals surface area contributed by atoms with Gasteiger partial charge in [-0.25, -0.2) is 0 Å². The number of nitrogens with zero attached hydrogens (tertiary/aromatic N) is 2. The summed E-state index contributed by atoms with van der Waals surface area (Å²) < 4.78 is 0. The second-order valence-corrected chi connectivity index (χ2v) is 14.8. The third-order valence-corrected chi connectivity index (χ3v) is 11.2. The standard InChI is InChI=1S/C48H40N2/c1-47(2)43-29-37(49(33-17-9-5-10-18-33)34-19-11-6-12-20-34)25-27-39(43)41-32-46-42(31-45(41)47)40-28-26-38(30-44(40)48(46,3)4)50(35-21-13-7-14-22-35)36-23-15-8-16-24-36/h5-15,17-22,25-32,36H,23H2,1-4H3. The number of para-hydroxylation sites is 3. The van der Waals surface area contributed by atoms with Crippen LogP contribution in [-0.4, -0.2) is 6.04 Å². The Labute approximate surface area is 296 Å². The van der Waals surface area contributed by atoms with E-state index in [1.54, 1.807) is 0 Å². The molecule has 0 amide bonds. The first kappa shape index (κ1) is 30.3. The van der Waals surface area contributed by atoms with Crippen molar-refractivity contribution in [3.8, 4) is 34.1 Å². The number of hydrogen-bond donors (Lipinski definition) is 0. The summed E-state index contributed by atoms with van der Waals surface area (Å²) in [7, 11) is 0. The summed E-state index contributed by atoms with van der Waals surface area (Å²) in [5.74, 6) is 6.72. The van der Waals surface area contributed by atoms with E-state index in [2.05, 4.69) is 195 Å². The van der Waals surface area contributed by atoms with Crippen LogP contribution in [-0.2, 0) is 10.8 Å². The normalized spacial score (nSPS) is 16.8. The second-order valence-electron chi connectivity index (χ2n) is 14.8. The molecule has 0 N–H and O–H groups in total. The summed E-state index contributed by atoms with van der Waals surface area (Å²) in [4.78, 5) is 4.78. The lowest BCUT2D eigenvalue weighted by atomic mass is 9.79. The molecule has 0 spiro atoms. The van der Waals surface area contributed by atoms with E-state index in [0.717, 1.165) is 17.8 Å². The molecule has 0 fully saturated rings. The zero-order chi connectivity index (χ0) is 34.0. The third-order valence-electron chi connectivity index (χ3n) is 11.2. The van der Waals surface area contributed by atoms with Gasteiger partial charge in [0, 0.05) is 39.3 Å². The predicted octanol–water partition coefficient (Wildman–Crippen LogP) is 12.2. The van der Waals surface area contributed by atoms with Crippen molar-refractivity contribution in [1.82, 2.24) is 0 Å². The highest BCUT2D eigenvalue weighted by atomic mass is 15.2. The first-order valence-electron chi connectivity index (χ1n) is 17.7. The van der Waals surface area contributed by atoms with Crippen LogP contribution in [0.15, 0.2) is 152 Å². The molecule has 6 aromatic rings. The predicted molar refractivity (Wildman–Crippen MR) is 210 cm³/mol. The van der Waals surface area contributed by atoms with E-state index >= 15 is 0 Å². The quantitative estimate of drug-likeness (QED) is 0.167. The molecule has 0 aliphatic heterocycles. The molecule has 6 aromatic carbocycles. The van der Waals surface area contributed by atoms with Crippen LogP contribution in [0.25, 0.3) is 22.3 Å². The van der Waals surface area contributed by atoms with Crippen LogP contribution in [0, 0.1) is 11.8 Å². The molecule has 0 aromatic heterocycles. The molecule has 0 saturated carbocycles. The lowest BCUT2D eigenvalue weighted by Crippen LogP contribution is -2.30. The van der Waals surface area contributed by atoms with E-state index in [0.29, 0.717) is 0 Å². The van der Waals surface area contributed by atoms with Crippen LogP contribution in [0.1, 0.15) is 56.4 Å². The maximum absolute atomic E-state index is 3.49. The summed E-state index contributed by atoms with van der Waals surface area (Å²) in [6, 6.07) is 51.4. The summed E-state index contributed by atoms with van der Waals surface area (Å²) >= 11 is 0. The van der Waals surface area contributed by atoms with Crippen molar-refractivity contribution in [2.75, 3.05) is 9.80 Å². The van der Waals surface area contributed by atoms with E-state index < -0.39 is 0 Å². The summed E-state index contributed by atoms with van der Waals surface area (Å²) in [5.41, 5.74) is 16.5. The third kappa shape index (κ3) is 4.65. The molecule has 2 nitrogen and oxygen atoms in total. The molecule has 0 saturated heterocycles. The van der Waals surface area contributed by atoms with Crippen molar-refractivity contribution in [3.63, 3.8) is 0 Å². The fourth-order valence-corrected chi connectivity index (χ4v) is 8.55. The monoisotopic (exact) mass is 644 g/mol. The van der Waals surface area contributed by atoms with Crippen LogP contribution in [0.2, 0.25) is 0 Å². The minimum atomic E-state index is -0.154. The average molecular weight is 645 g/mol. The van der Waals surface area contributed by atoms with Crippen LogP contribution < -0.4 is 9.80 Å². The molecule has 50 heavy (non-hydrogen) atoms. The fraction of sp³-hybridized carbons (Fsp3) is 0.167. The van der Waals surface area contributed by atoms with Gasteiger partial charge in [0.15, 0.2) is 0 Å². The zero-order valence-electron chi connectivity index (χ0n) is 29.1. The van der Waals surface area contributed by atoms with Gasteiger partial charge in [-0.2, -0.15) is 0 Å². The molecular weight excluding hydrogens is 605 g/mol. The maximum atomic E-state index is 3.49. The van der Waals surface area contributed by atoms with Crippen molar-refractivity contribution >= 4 is 28.4 Å². The molecule has 3 aliphatic rings. The topological polar surface area (TPSA) is 6.48 Å². The first-order chi connectivity index (χ1) is 24.3. The van der Waals surface area contributed by atoms with Gasteiger partial charge in [-0.3, -0.25) is 0 Å². The fourth-order valence-electron chi connectivity index (χ4n) is 8.55. The van der Waals surface area contributed by atoms with Gasteiger partial charge in [0.1, 0.15) is 0 Å². The number of anilines is 5. The van der Waals surface area contributed by atoms with Crippen molar-refractivity contribution in [2.24, 2.45) is 0 Å². The molecule has 2 heteroatoms. The van der Waals surface area contributed by atoms with E-state index in [9.17, 15) is 0 Å². The van der Waals surface area contributed by atoms with Crippen LogP contribution in [0.5, 0.6) is 0 Å². The molecule has 0 bridgehead atoms. The summed E-state index contributed by atoms with van der Waals surface area (Å²) in [6.45, 7) is 9.58. The van der Waals surface area contributed by atoms with Gasteiger partial charge in [-0.05, 0) is 130 Å². The maximum Gasteiger partial charge on any atom is 0.0990 e. The van der Waals surface area contributed by atoms with Crippen molar-refractivity contribution < 1.29 is 0 Å². The Morgan fingerprint density at radius 1 is 0.480 bits per heavy atom. The van der Waals surface area contributed by atoms with Crippen LogP contribution >= 0.6 is 0 Å². The summed E-state index contributed by atoms with van der Waals surface area (Å²) in [5, 5.41) is 0. The van der Waals surface area contributed by atoms with E-state index in [1.807, 2.05) is 6.08 Å². The van der Waals surface area contributed by atoms with Gasteiger partial charge in [0.05, 0.1) is 6.04 Å². The van der Waals surface area contributed by atoms with E-state index in [1.165, 1.54) is 61.6 Å². The molecule has 1 atom stereocenters. The lowest BCUT2D eigenvalue weighted by Gasteiger charge is -2.32. The van der Waals surface area contributed by atoms with Gasteiger partial charge >= 0.3 is 0 Å². The minimum absolute atomic E-state index is 0.0954. The Hall–Kier alpha value is -5.78. The smallest absolute Gasteiger partial charge is 0.0990 e. The molecule has 0 radical (unpaired) electrons.